The summed E-state index contributed by atoms with van der Waals surface area (Å²) >= 11 is 0. The summed E-state index contributed by atoms with van der Waals surface area (Å²) in [7, 11) is 0. The Labute approximate surface area is 139 Å². The molecule has 1 aromatic heterocycles. The molecule has 7 heteroatoms. The lowest BCUT2D eigenvalue weighted by Crippen LogP contribution is -2.27. The lowest BCUT2D eigenvalue weighted by atomic mass is 10.1. The first-order chi connectivity index (χ1) is 11.7. The minimum Gasteiger partial charge on any atom is -0.381 e. The molecule has 2 aliphatic rings. The Balaban J connectivity index is 1.56. The molecule has 0 saturated carbocycles. The first kappa shape index (κ1) is 15.3. The molecule has 2 aromatic rings. The topological polar surface area (TPSA) is 71.7 Å². The number of aliphatic imine (C=N–C) groups is 1. The lowest BCUT2D eigenvalue weighted by molar-refractivity contribution is 0.0668. The largest absolute Gasteiger partial charge is 0.381 e. The van der Waals surface area contributed by atoms with Crippen LogP contribution >= 0.6 is 0 Å². The number of benzene rings is 1. The van der Waals surface area contributed by atoms with Gasteiger partial charge >= 0.3 is 0 Å². The van der Waals surface area contributed by atoms with E-state index < -0.39 is 6.23 Å². The molecule has 2 N–H and O–H groups in total. The van der Waals surface area contributed by atoms with E-state index in [-0.39, 0.29) is 11.9 Å². The van der Waals surface area contributed by atoms with E-state index in [2.05, 4.69) is 15.4 Å². The minimum absolute atomic E-state index is 0.257. The van der Waals surface area contributed by atoms with Crippen LogP contribution in [0.2, 0.25) is 0 Å². The van der Waals surface area contributed by atoms with Gasteiger partial charge in [-0.25, -0.2) is 14.1 Å². The van der Waals surface area contributed by atoms with Gasteiger partial charge in [-0.1, -0.05) is 12.1 Å². The van der Waals surface area contributed by atoms with E-state index in [1.807, 2.05) is 4.68 Å². The fraction of sp³-hybridized carbons (Fsp3) is 0.412. The number of amidine groups is 1. The fourth-order valence-corrected chi connectivity index (χ4v) is 3.17. The molecule has 1 fully saturated rings. The molecule has 0 bridgehead atoms. The summed E-state index contributed by atoms with van der Waals surface area (Å²) < 4.78 is 20.4. The van der Waals surface area contributed by atoms with Crippen LogP contribution in [-0.2, 0) is 11.2 Å². The van der Waals surface area contributed by atoms with E-state index in [0.717, 1.165) is 37.4 Å². The Kier molecular flexibility index (Phi) is 4.03. The van der Waals surface area contributed by atoms with Gasteiger partial charge in [0.05, 0.1) is 17.8 Å². The smallest absolute Gasteiger partial charge is 0.178 e. The van der Waals surface area contributed by atoms with Crippen molar-refractivity contribution in [1.82, 2.24) is 9.78 Å². The summed E-state index contributed by atoms with van der Waals surface area (Å²) in [4.78, 5) is 4.29. The van der Waals surface area contributed by atoms with Crippen molar-refractivity contribution in [3.8, 4) is 0 Å². The van der Waals surface area contributed by atoms with Crippen molar-refractivity contribution < 1.29 is 14.2 Å². The number of hydrogen-bond donors (Lipinski definition) is 2. The molecule has 0 spiro atoms. The number of hydrogen-bond acceptors (Lipinski definition) is 5. The highest BCUT2D eigenvalue weighted by Crippen LogP contribution is 2.33. The zero-order chi connectivity index (χ0) is 16.5. The predicted molar refractivity (Wildman–Crippen MR) is 87.4 cm³/mol. The molecule has 3 heterocycles. The number of aromatic nitrogens is 2. The van der Waals surface area contributed by atoms with Crippen LogP contribution < -0.4 is 5.32 Å². The van der Waals surface area contributed by atoms with E-state index in [1.165, 1.54) is 12.1 Å². The number of aliphatic hydroxyl groups excluding tert-OH is 1. The van der Waals surface area contributed by atoms with Gasteiger partial charge < -0.3 is 15.2 Å². The maximum Gasteiger partial charge on any atom is 0.178 e. The quantitative estimate of drug-likeness (QED) is 0.907. The van der Waals surface area contributed by atoms with Crippen LogP contribution in [0.25, 0.3) is 0 Å². The van der Waals surface area contributed by atoms with Crippen LogP contribution in [0.1, 0.15) is 36.2 Å². The molecule has 126 valence electrons. The van der Waals surface area contributed by atoms with Crippen molar-refractivity contribution in [1.29, 1.82) is 0 Å². The minimum atomic E-state index is -0.926. The van der Waals surface area contributed by atoms with E-state index in [9.17, 15) is 9.50 Å². The van der Waals surface area contributed by atoms with Gasteiger partial charge in [-0.05, 0) is 30.5 Å². The van der Waals surface area contributed by atoms with Gasteiger partial charge in [-0.15, -0.1) is 0 Å². The van der Waals surface area contributed by atoms with Crippen molar-refractivity contribution in [2.24, 2.45) is 4.99 Å². The molecule has 1 saturated heterocycles. The molecule has 0 aliphatic carbocycles. The van der Waals surface area contributed by atoms with Crippen LogP contribution in [0.3, 0.4) is 0 Å². The molecule has 0 amide bonds. The molecule has 1 aromatic carbocycles. The van der Waals surface area contributed by atoms with Gasteiger partial charge in [0.25, 0.3) is 0 Å². The lowest BCUT2D eigenvalue weighted by Gasteiger charge is -2.27. The summed E-state index contributed by atoms with van der Waals surface area (Å²) in [6.07, 6.45) is 3.04. The number of fused-ring (bicyclic) bond motifs is 1. The van der Waals surface area contributed by atoms with Crippen LogP contribution in [0.5, 0.6) is 0 Å². The van der Waals surface area contributed by atoms with E-state index >= 15 is 0 Å². The van der Waals surface area contributed by atoms with Gasteiger partial charge in [0.15, 0.2) is 6.23 Å². The van der Waals surface area contributed by atoms with Crippen LogP contribution in [-0.4, -0.2) is 33.9 Å². The third-order valence-electron chi connectivity index (χ3n) is 4.46. The second-order valence-electron chi connectivity index (χ2n) is 6.11. The number of anilines is 1. The van der Waals surface area contributed by atoms with Crippen LogP contribution in [0.4, 0.5) is 10.2 Å². The molecule has 2 aliphatic heterocycles. The number of nitrogens with zero attached hydrogens (tertiary/aromatic N) is 3. The van der Waals surface area contributed by atoms with Gasteiger partial charge in [-0.3, -0.25) is 0 Å². The third kappa shape index (κ3) is 2.92. The first-order valence-corrected chi connectivity index (χ1v) is 8.12. The van der Waals surface area contributed by atoms with E-state index in [1.54, 1.807) is 18.3 Å². The Morgan fingerprint density at radius 2 is 2.00 bits per heavy atom. The van der Waals surface area contributed by atoms with Gasteiger partial charge in [0.2, 0.25) is 0 Å². The van der Waals surface area contributed by atoms with Gasteiger partial charge in [0, 0.05) is 19.6 Å². The number of ether oxygens (including phenoxy) is 1. The molecule has 0 radical (unpaired) electrons. The SMILES string of the molecule is OC1N=C(Cc2ccc(F)cc2)Nc2c1cnn2C1CCOCC1. The summed E-state index contributed by atoms with van der Waals surface area (Å²) in [5, 5.41) is 18.0. The summed E-state index contributed by atoms with van der Waals surface area (Å²) in [6, 6.07) is 6.54. The van der Waals surface area contributed by atoms with Crippen molar-refractivity contribution in [2.75, 3.05) is 18.5 Å². The van der Waals surface area contributed by atoms with Crippen LogP contribution in [0, 0.1) is 5.82 Å². The number of aliphatic hydroxyl groups is 1. The summed E-state index contributed by atoms with van der Waals surface area (Å²) in [6.45, 7) is 1.44. The molecule has 1 atom stereocenters. The highest BCUT2D eigenvalue weighted by molar-refractivity contribution is 5.98. The van der Waals surface area contributed by atoms with Crippen molar-refractivity contribution in [3.05, 3.63) is 47.4 Å². The number of halogens is 1. The Bertz CT molecular complexity index is 750. The average Bonchev–Trinajstić information content (AvgIpc) is 3.02. The Morgan fingerprint density at radius 1 is 1.25 bits per heavy atom. The molecule has 4 rings (SSSR count). The molecular formula is C17H19FN4O2. The van der Waals surface area contributed by atoms with Gasteiger partial charge in [-0.2, -0.15) is 5.10 Å². The number of rotatable bonds is 3. The zero-order valence-electron chi connectivity index (χ0n) is 13.2. The predicted octanol–water partition coefficient (Wildman–Crippen LogP) is 2.43. The van der Waals surface area contributed by atoms with Crippen molar-refractivity contribution >= 4 is 11.7 Å². The average molecular weight is 330 g/mol. The van der Waals surface area contributed by atoms with Crippen LogP contribution in [0.15, 0.2) is 35.5 Å². The van der Waals surface area contributed by atoms with Gasteiger partial charge in [0.1, 0.15) is 17.5 Å². The highest BCUT2D eigenvalue weighted by Gasteiger charge is 2.27. The van der Waals surface area contributed by atoms with Crippen molar-refractivity contribution in [3.63, 3.8) is 0 Å². The summed E-state index contributed by atoms with van der Waals surface area (Å²) in [5.74, 6) is 1.18. The standard InChI is InChI=1S/C17H19FN4O2/c18-12-3-1-11(2-4-12)9-15-20-16-14(17(23)21-15)10-19-22(16)13-5-7-24-8-6-13/h1-4,10,13,17,23H,5-9H2,(H,20,21). The van der Waals surface area contributed by atoms with Crippen molar-refractivity contribution in [2.45, 2.75) is 31.5 Å². The Morgan fingerprint density at radius 3 is 2.75 bits per heavy atom. The second-order valence-corrected chi connectivity index (χ2v) is 6.11. The first-order valence-electron chi connectivity index (χ1n) is 8.12. The third-order valence-corrected chi connectivity index (χ3v) is 4.46. The maximum atomic E-state index is 13.0. The summed E-state index contributed by atoms with van der Waals surface area (Å²) in [5.41, 5.74) is 1.61. The monoisotopic (exact) mass is 330 g/mol. The number of nitrogens with one attached hydrogen (secondary N) is 1. The Hall–Kier alpha value is -2.25. The fourth-order valence-electron chi connectivity index (χ4n) is 3.17. The highest BCUT2D eigenvalue weighted by atomic mass is 19.1. The normalized spacial score (nSPS) is 21.1. The molecule has 1 unspecified atom stereocenters. The second kappa shape index (κ2) is 6.33. The van der Waals surface area contributed by atoms with E-state index in [0.29, 0.717) is 17.8 Å². The molecular weight excluding hydrogens is 311 g/mol. The van der Waals surface area contributed by atoms with E-state index in [4.69, 9.17) is 4.74 Å². The maximum absolute atomic E-state index is 13.0. The molecule has 24 heavy (non-hydrogen) atoms. The molecule has 6 nitrogen and oxygen atoms in total. The zero-order valence-corrected chi connectivity index (χ0v) is 13.2.